The van der Waals surface area contributed by atoms with E-state index >= 15 is 28.8 Å². The molecule has 0 N–H and O–H groups in total. The minimum Gasteiger partial charge on any atom is -0.497 e. The number of hydrogen-bond acceptors (Lipinski definition) is 24. The number of para-hydroxylation sites is 4. The summed E-state index contributed by atoms with van der Waals surface area (Å²) in [5, 5.41) is 4.42. The lowest BCUT2D eigenvalue weighted by molar-refractivity contribution is -0.152. The summed E-state index contributed by atoms with van der Waals surface area (Å²) in [4.78, 5) is 141. The first-order valence-corrected chi connectivity index (χ1v) is 47.3. The van der Waals surface area contributed by atoms with Crippen LogP contribution in [0, 0.1) is 11.8 Å². The van der Waals surface area contributed by atoms with E-state index in [1.54, 1.807) is 131 Å². The number of imide groups is 2. The molecule has 4 saturated heterocycles. The summed E-state index contributed by atoms with van der Waals surface area (Å²) in [7, 11) is 6.08. The molecule has 6 fully saturated rings. The summed E-state index contributed by atoms with van der Waals surface area (Å²) < 4.78 is 89.1. The second-order valence-corrected chi connectivity index (χ2v) is 36.9. The van der Waals surface area contributed by atoms with E-state index in [1.807, 2.05) is 84.9 Å². The molecule has 13 aromatic carbocycles. The zero-order valence-corrected chi connectivity index (χ0v) is 76.5. The van der Waals surface area contributed by atoms with Gasteiger partial charge in [-0.2, -0.15) is 0 Å². The molecule has 0 radical (unpaired) electrons. The minimum absolute atomic E-state index is 0.0222. The van der Waals surface area contributed by atoms with Crippen LogP contribution in [0.1, 0.15) is 104 Å². The Morgan fingerprint density at radius 1 is 0.348 bits per heavy atom. The number of epoxide rings is 2. The number of rotatable bonds is 28. The van der Waals surface area contributed by atoms with E-state index in [1.165, 1.54) is 28.4 Å². The van der Waals surface area contributed by atoms with Gasteiger partial charge in [-0.15, -0.1) is 0 Å². The number of carbonyl (C=O) groups is 8. The van der Waals surface area contributed by atoms with Gasteiger partial charge in [0.25, 0.3) is 23.6 Å². The number of hydrogen-bond donors (Lipinski definition) is 0. The van der Waals surface area contributed by atoms with Crippen molar-refractivity contribution in [1.82, 2.24) is 29.4 Å². The number of ether oxygens (including phenoxy) is 12. The maximum atomic E-state index is 17.5. The number of esters is 2. The zero-order valence-electron chi connectivity index (χ0n) is 76.5. The largest absolute Gasteiger partial charge is 0.497 e. The van der Waals surface area contributed by atoms with Crippen LogP contribution < -0.4 is 37.9 Å². The summed E-state index contributed by atoms with van der Waals surface area (Å²) in [6.07, 6.45) is 5.34. The van der Waals surface area contributed by atoms with Crippen LogP contribution in [0.25, 0.3) is 87.0 Å². The SMILES string of the molecule is COc1cccc(Oc2cc3c4c(cc(Oc5cccc(OC)c5)c5c6c(Oc7cccc(OC)c7)cc7c8c(cc(Oc9cccc(OC)c9)c(c2c45)c86)C(=O)N(C(Cc2cccc4c2oc2ccccc24)C(=O)N2CCN(C4CCCC(C(=O)OCC5CO5)C4)CC2)C7=O)C(=O)N(C(Cc2cccc4c2oc2ccccc24)C(=O)N2CCN(C4CCCC(C(=O)OCC5CO5)C4)CC2)C3=O)c1. The van der Waals surface area contributed by atoms with Gasteiger partial charge in [0.2, 0.25) is 11.8 Å². The third-order valence-electron chi connectivity index (χ3n) is 28.9. The molecular weight excluding hydrogens is 1760 g/mol. The van der Waals surface area contributed by atoms with Gasteiger partial charge in [-0.3, -0.25) is 58.0 Å². The fourth-order valence-electron chi connectivity index (χ4n) is 21.9. The highest BCUT2D eigenvalue weighted by Gasteiger charge is 2.50. The maximum absolute atomic E-state index is 17.5. The van der Waals surface area contributed by atoms with Crippen LogP contribution >= 0.6 is 0 Å². The fourth-order valence-corrected chi connectivity index (χ4v) is 21.9. The normalized spacial score (nSPS) is 20.0. The van der Waals surface area contributed by atoms with Crippen molar-refractivity contribution in [2.75, 3.05) is 107 Å². The molecule has 15 aromatic rings. The monoisotopic (exact) mass is 1850 g/mol. The third kappa shape index (κ3) is 16.0. The fraction of sp³-hybridized carbons (Fsp3) is 0.309. The molecule has 28 nitrogen and oxygen atoms in total. The minimum atomic E-state index is -1.57. The number of benzene rings is 13. The van der Waals surface area contributed by atoms with Gasteiger partial charge in [-0.1, -0.05) is 110 Å². The Labute approximate surface area is 791 Å². The topological polar surface area (TPSA) is 300 Å². The van der Waals surface area contributed by atoms with Crippen molar-refractivity contribution in [2.45, 2.75) is 101 Å². The van der Waals surface area contributed by atoms with Crippen molar-refractivity contribution in [3.63, 3.8) is 0 Å². The number of carbonyl (C=O) groups excluding carboxylic acids is 8. The molecule has 138 heavy (non-hydrogen) atoms. The molecule has 6 aliphatic heterocycles. The lowest BCUT2D eigenvalue weighted by Gasteiger charge is -2.43. The first-order chi connectivity index (χ1) is 67.5. The van der Waals surface area contributed by atoms with Crippen LogP contribution in [0.4, 0.5) is 0 Å². The second-order valence-electron chi connectivity index (χ2n) is 36.9. The molecule has 0 bridgehead atoms. The van der Waals surface area contributed by atoms with Gasteiger partial charge in [-0.05, 0) is 135 Å². The van der Waals surface area contributed by atoms with Crippen LogP contribution in [0.2, 0.25) is 0 Å². The summed E-state index contributed by atoms with van der Waals surface area (Å²) in [6.45, 7) is 4.15. The number of amides is 6. The zero-order chi connectivity index (χ0) is 93.8. The molecule has 2 aromatic heterocycles. The predicted molar refractivity (Wildman–Crippen MR) is 513 cm³/mol. The number of piperazine rings is 2. The lowest BCUT2D eigenvalue weighted by atomic mass is 9.80. The van der Waals surface area contributed by atoms with Crippen LogP contribution in [-0.2, 0) is 51.0 Å². The van der Waals surface area contributed by atoms with Gasteiger partial charge in [0.1, 0.15) is 129 Å². The van der Waals surface area contributed by atoms with Gasteiger partial charge < -0.3 is 75.5 Å². The van der Waals surface area contributed by atoms with Crippen molar-refractivity contribution in [2.24, 2.45) is 11.8 Å². The highest BCUT2D eigenvalue weighted by Crippen LogP contribution is 2.59. The molecule has 8 heterocycles. The molecule has 8 unspecified atom stereocenters. The lowest BCUT2D eigenvalue weighted by Crippen LogP contribution is -2.59. The van der Waals surface area contributed by atoms with Crippen molar-refractivity contribution in [1.29, 1.82) is 0 Å². The third-order valence-corrected chi connectivity index (χ3v) is 28.9. The molecule has 23 rings (SSSR count). The summed E-state index contributed by atoms with van der Waals surface area (Å²) in [5.41, 5.74) is 2.89. The van der Waals surface area contributed by atoms with Gasteiger partial charge in [0.15, 0.2) is 0 Å². The molecule has 28 heteroatoms. The summed E-state index contributed by atoms with van der Waals surface area (Å²) in [6, 6.07) is 57.2. The smallest absolute Gasteiger partial charge is 0.309 e. The molecule has 8 atom stereocenters. The Kier molecular flexibility index (Phi) is 22.8. The first-order valence-electron chi connectivity index (χ1n) is 47.3. The molecule has 2 saturated carbocycles. The van der Waals surface area contributed by atoms with Crippen LogP contribution in [-0.4, -0.2) is 220 Å². The second kappa shape index (κ2) is 36.0. The Bertz CT molecular complexity index is 6800. The molecule has 8 aliphatic rings. The van der Waals surface area contributed by atoms with E-state index < -0.39 is 47.5 Å². The Balaban J connectivity index is 0.734. The van der Waals surface area contributed by atoms with Crippen molar-refractivity contribution in [3.8, 4) is 69.0 Å². The van der Waals surface area contributed by atoms with Gasteiger partial charge in [0, 0.05) is 166 Å². The van der Waals surface area contributed by atoms with Crippen LogP contribution in [0.5, 0.6) is 69.0 Å². The molecular formula is C110H98N6O22. The van der Waals surface area contributed by atoms with Crippen molar-refractivity contribution in [3.05, 3.63) is 240 Å². The van der Waals surface area contributed by atoms with Crippen LogP contribution in [0.15, 0.2) is 215 Å². The Hall–Kier alpha value is -14.8. The van der Waals surface area contributed by atoms with E-state index in [4.69, 9.17) is 65.7 Å². The van der Waals surface area contributed by atoms with Crippen LogP contribution in [0.3, 0.4) is 0 Å². The van der Waals surface area contributed by atoms with Gasteiger partial charge in [-0.25, -0.2) is 0 Å². The van der Waals surface area contributed by atoms with Crippen molar-refractivity contribution >= 4 is 134 Å². The highest BCUT2D eigenvalue weighted by atomic mass is 16.6. The van der Waals surface area contributed by atoms with Gasteiger partial charge >= 0.3 is 11.9 Å². The Morgan fingerprint density at radius 2 is 0.659 bits per heavy atom. The average molecular weight is 1860 g/mol. The highest BCUT2D eigenvalue weighted by molar-refractivity contribution is 6.45. The standard InChI is InChI=1S/C110H98N6O22/c1-125-67-23-13-27-71(49-67)133-89-53-81-93-82(104(118)115(103(81)117)85(47-61-17-11-33-79-77-31-5-7-35-87(77)137-101(61)79)107(121)113-41-37-111(38-42-113)65-21-9-19-63(45-65)109(123)131-59-75-57-129-75)55-91(135-73-29-15-25-69(51-73)127-3)97-98-92(136-74-30-16-26-70(52-74)128-4)56-84-94-83(54-90(96(100(94)98)95(89)99(93)97)134-72-28-14-24-68(50-72)126-2)105(119)116(106(84)120)86(48-62-18-12-34-80-78-32-6-8-36-88(78)138-102(62)80)108(122)114-43-39-112(40-44-114)66-22-10-20-64(46-66)110(124)132-60-76-58-130-76/h5-8,11-18,23-36,49-56,63-66,75-76,85-86H,9-10,19-22,37-48,57-60H2,1-4H3. The Morgan fingerprint density at radius 3 is 0.986 bits per heavy atom. The molecule has 700 valence electrons. The average Bonchev–Trinajstić information content (AvgIpc) is 1.40. The number of methoxy groups -OCH3 is 4. The van der Waals surface area contributed by atoms with E-state index in [0.717, 1.165) is 57.0 Å². The summed E-state index contributed by atoms with van der Waals surface area (Å²) >= 11 is 0. The molecule has 0 spiro atoms. The van der Waals surface area contributed by atoms with Gasteiger partial charge in [0.05, 0.1) is 75.7 Å². The first kappa shape index (κ1) is 87.2. The molecule has 6 amide bonds. The van der Waals surface area contributed by atoms with E-state index in [9.17, 15) is 9.59 Å². The number of furan rings is 2. The number of fused-ring (bicyclic) bond motifs is 8. The quantitative estimate of drug-likeness (QED) is 0.0145. The van der Waals surface area contributed by atoms with E-state index in [0.29, 0.717) is 122 Å². The number of nitrogens with zero attached hydrogens (tertiary/aromatic N) is 6. The van der Waals surface area contributed by atoms with Crippen molar-refractivity contribution < 1.29 is 104 Å². The van der Waals surface area contributed by atoms with E-state index in [2.05, 4.69) is 9.80 Å². The molecule has 2 aliphatic carbocycles. The maximum Gasteiger partial charge on any atom is 0.309 e. The van der Waals surface area contributed by atoms with E-state index in [-0.39, 0.29) is 212 Å². The predicted octanol–water partition coefficient (Wildman–Crippen LogP) is 18.4. The summed E-state index contributed by atoms with van der Waals surface area (Å²) in [5.74, 6) is -3.23.